The third-order valence-corrected chi connectivity index (χ3v) is 9.12. The van der Waals surface area contributed by atoms with Crippen molar-refractivity contribution in [2.24, 2.45) is 5.84 Å². The molecule has 1 aliphatic carbocycles. The summed E-state index contributed by atoms with van der Waals surface area (Å²) < 4.78 is 2.47. The van der Waals surface area contributed by atoms with E-state index in [1.807, 2.05) is 11.8 Å². The van der Waals surface area contributed by atoms with Gasteiger partial charge in [0.2, 0.25) is 5.91 Å². The first-order valence-electron chi connectivity index (χ1n) is 15.0. The largest absolute Gasteiger partial charge is 0.340 e. The maximum atomic E-state index is 13.6. The van der Waals surface area contributed by atoms with Crippen molar-refractivity contribution in [3.05, 3.63) is 65.4 Å². The Kier molecular flexibility index (Phi) is 11.2. The molecule has 206 valence electrons. The number of carbonyl (C=O) groups excluding carboxylic acids is 1. The molecule has 1 aliphatic rings. The van der Waals surface area contributed by atoms with Gasteiger partial charge in [0.05, 0.1) is 5.92 Å². The number of rotatable bonds is 15. The summed E-state index contributed by atoms with van der Waals surface area (Å²) in [5, 5.41) is 2.75. The number of hydrazine groups is 1. The number of amides is 1. The molecule has 4 nitrogen and oxygen atoms in total. The van der Waals surface area contributed by atoms with Crippen molar-refractivity contribution in [3.8, 4) is 0 Å². The van der Waals surface area contributed by atoms with E-state index in [1.54, 1.807) is 0 Å². The van der Waals surface area contributed by atoms with E-state index in [9.17, 15) is 4.79 Å². The van der Waals surface area contributed by atoms with Crippen LogP contribution >= 0.6 is 11.8 Å². The molecule has 0 saturated carbocycles. The van der Waals surface area contributed by atoms with Gasteiger partial charge in [-0.3, -0.25) is 9.80 Å². The molecular weight excluding hydrogens is 486 g/mol. The Balaban J connectivity index is 1.47. The average Bonchev–Trinajstić information content (AvgIpc) is 3.26. The molecule has 0 spiro atoms. The number of benzene rings is 2. The standard InChI is InChI=1S/C33H47N3OS/c1-3-5-6-7-8-9-10-13-22-36(34)33(37)29-19-15-21-31-32(29)28-18-11-12-20-30(28)35(31)25-26-16-14-17-27(24-26)38-23-4-2/h11-12,14,16-18,20,24,29H,3-10,13,15,19,21-23,25,34H2,1-2H3. The summed E-state index contributed by atoms with van der Waals surface area (Å²) in [4.78, 5) is 15.0. The van der Waals surface area contributed by atoms with Gasteiger partial charge in [-0.25, -0.2) is 5.84 Å². The number of unbranched alkanes of at least 4 members (excludes halogenated alkanes) is 7. The third kappa shape index (κ3) is 7.24. The molecule has 1 aromatic heterocycles. The summed E-state index contributed by atoms with van der Waals surface area (Å²) in [6.07, 6.45) is 14.1. The van der Waals surface area contributed by atoms with Crippen LogP contribution in [0.3, 0.4) is 0 Å². The minimum Gasteiger partial charge on any atom is -0.340 e. The quantitative estimate of drug-likeness (QED) is 0.0701. The third-order valence-electron chi connectivity index (χ3n) is 7.92. The van der Waals surface area contributed by atoms with Gasteiger partial charge in [-0.2, -0.15) is 0 Å². The Morgan fingerprint density at radius 3 is 2.53 bits per heavy atom. The lowest BCUT2D eigenvalue weighted by Gasteiger charge is -2.28. The molecule has 0 bridgehead atoms. The molecule has 0 saturated heterocycles. The second kappa shape index (κ2) is 14.8. The smallest absolute Gasteiger partial charge is 0.244 e. The second-order valence-corrected chi connectivity index (χ2v) is 12.1. The number of hydrogen-bond donors (Lipinski definition) is 1. The lowest BCUT2D eigenvalue weighted by molar-refractivity contribution is -0.133. The van der Waals surface area contributed by atoms with Crippen molar-refractivity contribution in [2.45, 2.75) is 108 Å². The van der Waals surface area contributed by atoms with E-state index in [-0.39, 0.29) is 11.8 Å². The van der Waals surface area contributed by atoms with Crippen molar-refractivity contribution in [1.29, 1.82) is 0 Å². The molecule has 3 aromatic rings. The van der Waals surface area contributed by atoms with Crippen molar-refractivity contribution >= 4 is 28.6 Å². The molecule has 1 atom stereocenters. The number of fused-ring (bicyclic) bond motifs is 3. The first kappa shape index (κ1) is 28.8. The predicted molar refractivity (Wildman–Crippen MR) is 163 cm³/mol. The second-order valence-electron chi connectivity index (χ2n) is 10.9. The molecule has 5 heteroatoms. The van der Waals surface area contributed by atoms with Crippen molar-refractivity contribution in [2.75, 3.05) is 12.3 Å². The predicted octanol–water partition coefficient (Wildman–Crippen LogP) is 8.45. The number of nitrogens with zero attached hydrogens (tertiary/aromatic N) is 2. The van der Waals surface area contributed by atoms with Gasteiger partial charge in [0, 0.05) is 34.6 Å². The first-order valence-corrected chi connectivity index (χ1v) is 16.0. The van der Waals surface area contributed by atoms with Gasteiger partial charge in [-0.1, -0.05) is 89.1 Å². The summed E-state index contributed by atoms with van der Waals surface area (Å²) in [5.74, 6) is 7.48. The molecule has 38 heavy (non-hydrogen) atoms. The van der Waals surface area contributed by atoms with Gasteiger partial charge >= 0.3 is 0 Å². The summed E-state index contributed by atoms with van der Waals surface area (Å²) in [5.41, 5.74) is 5.09. The van der Waals surface area contributed by atoms with E-state index in [2.05, 4.69) is 66.9 Å². The van der Waals surface area contributed by atoms with Crippen molar-refractivity contribution in [1.82, 2.24) is 9.58 Å². The van der Waals surface area contributed by atoms with E-state index < -0.39 is 0 Å². The number of aromatic nitrogens is 1. The van der Waals surface area contributed by atoms with Crippen molar-refractivity contribution in [3.63, 3.8) is 0 Å². The number of para-hydroxylation sites is 1. The molecular formula is C33H47N3OS. The van der Waals surface area contributed by atoms with Crippen LogP contribution in [0.4, 0.5) is 0 Å². The fourth-order valence-electron chi connectivity index (χ4n) is 5.95. The van der Waals surface area contributed by atoms with Crippen LogP contribution in [0.2, 0.25) is 0 Å². The summed E-state index contributed by atoms with van der Waals surface area (Å²) in [7, 11) is 0. The Morgan fingerprint density at radius 1 is 0.974 bits per heavy atom. The minimum absolute atomic E-state index is 0.0924. The molecule has 0 aliphatic heterocycles. The van der Waals surface area contributed by atoms with E-state index >= 15 is 0 Å². The molecule has 0 radical (unpaired) electrons. The van der Waals surface area contributed by atoms with Gasteiger partial charge in [-0.15, -0.1) is 11.8 Å². The average molecular weight is 534 g/mol. The number of nitrogens with two attached hydrogens (primary N) is 1. The highest BCUT2D eigenvalue weighted by Crippen LogP contribution is 2.40. The topological polar surface area (TPSA) is 51.3 Å². The summed E-state index contributed by atoms with van der Waals surface area (Å²) >= 11 is 1.93. The minimum atomic E-state index is -0.143. The molecule has 2 aromatic carbocycles. The van der Waals surface area contributed by atoms with Crippen LogP contribution in [0.5, 0.6) is 0 Å². The van der Waals surface area contributed by atoms with Gasteiger partial charge in [0.15, 0.2) is 0 Å². The Labute approximate surface area is 234 Å². The Morgan fingerprint density at radius 2 is 1.74 bits per heavy atom. The lowest BCUT2D eigenvalue weighted by Crippen LogP contribution is -2.42. The van der Waals surface area contributed by atoms with Gasteiger partial charge in [-0.05, 0) is 67.2 Å². The molecule has 0 fully saturated rings. The molecule has 1 amide bonds. The lowest BCUT2D eigenvalue weighted by atomic mass is 9.84. The van der Waals surface area contributed by atoms with Crippen LogP contribution in [0, 0.1) is 0 Å². The molecule has 1 heterocycles. The van der Waals surface area contributed by atoms with Gasteiger partial charge in [0.25, 0.3) is 0 Å². The summed E-state index contributed by atoms with van der Waals surface area (Å²) in [6, 6.07) is 17.6. The Hall–Kier alpha value is -2.24. The number of hydrogen-bond acceptors (Lipinski definition) is 3. The van der Waals surface area contributed by atoms with E-state index in [4.69, 9.17) is 5.84 Å². The maximum Gasteiger partial charge on any atom is 0.244 e. The Bertz CT molecular complexity index is 1170. The zero-order valence-corrected chi connectivity index (χ0v) is 24.4. The molecule has 1 unspecified atom stereocenters. The van der Waals surface area contributed by atoms with Crippen LogP contribution in [0.25, 0.3) is 10.9 Å². The van der Waals surface area contributed by atoms with Crippen LogP contribution in [0.1, 0.15) is 107 Å². The van der Waals surface area contributed by atoms with Crippen LogP contribution in [-0.2, 0) is 17.8 Å². The van der Waals surface area contributed by atoms with E-state index in [1.165, 1.54) is 82.6 Å². The molecule has 2 N–H and O–H groups in total. The highest BCUT2D eigenvalue weighted by Gasteiger charge is 2.33. The van der Waals surface area contributed by atoms with E-state index in [0.717, 1.165) is 44.4 Å². The summed E-state index contributed by atoms with van der Waals surface area (Å²) in [6.45, 7) is 5.97. The van der Waals surface area contributed by atoms with Gasteiger partial charge < -0.3 is 4.57 Å². The first-order chi connectivity index (χ1) is 18.6. The van der Waals surface area contributed by atoms with E-state index in [0.29, 0.717) is 6.54 Å². The van der Waals surface area contributed by atoms with Crippen LogP contribution in [0.15, 0.2) is 53.4 Å². The maximum absolute atomic E-state index is 13.6. The zero-order chi connectivity index (χ0) is 26.7. The highest BCUT2D eigenvalue weighted by molar-refractivity contribution is 7.99. The SMILES string of the molecule is CCCCCCCCCCN(N)C(=O)C1CCCc2c1c1ccccc1n2Cc1cccc(SCCC)c1. The fourth-order valence-corrected chi connectivity index (χ4v) is 6.80. The fraction of sp³-hybridized carbons (Fsp3) is 0.545. The molecule has 4 rings (SSSR count). The number of thioether (sulfide) groups is 1. The van der Waals surface area contributed by atoms with Crippen LogP contribution in [-0.4, -0.2) is 27.8 Å². The van der Waals surface area contributed by atoms with Crippen LogP contribution < -0.4 is 5.84 Å². The van der Waals surface area contributed by atoms with Gasteiger partial charge in [0.1, 0.15) is 0 Å². The number of carbonyl (C=O) groups is 1. The zero-order valence-electron chi connectivity index (χ0n) is 23.6. The highest BCUT2D eigenvalue weighted by atomic mass is 32.2. The van der Waals surface area contributed by atoms with Crippen molar-refractivity contribution < 1.29 is 4.79 Å². The monoisotopic (exact) mass is 533 g/mol. The normalized spacial score (nSPS) is 15.1.